The second-order valence-electron chi connectivity index (χ2n) is 7.28. The molecule has 1 heterocycles. The van der Waals surface area contributed by atoms with Crippen molar-refractivity contribution in [1.29, 1.82) is 0 Å². The minimum atomic E-state index is 0.416. The van der Waals surface area contributed by atoms with Crippen molar-refractivity contribution in [3.05, 3.63) is 30.1 Å². The Hall–Kier alpha value is -0.890. The largest absolute Gasteiger partial charge is 0.314 e. The molecule has 2 nitrogen and oxygen atoms in total. The predicted octanol–water partition coefficient (Wildman–Crippen LogP) is 4.45. The van der Waals surface area contributed by atoms with Crippen LogP contribution in [0.3, 0.4) is 0 Å². The smallest absolute Gasteiger partial charge is 0.0419 e. The minimum Gasteiger partial charge on any atom is -0.314 e. The Balaban J connectivity index is 2.55. The predicted molar refractivity (Wildman–Crippen MR) is 87.9 cm³/mol. The molecular weight excluding hydrogens is 244 g/mol. The van der Waals surface area contributed by atoms with Crippen LogP contribution in [0.5, 0.6) is 0 Å². The van der Waals surface area contributed by atoms with E-state index in [1.54, 1.807) is 0 Å². The Labute approximate surface area is 125 Å². The van der Waals surface area contributed by atoms with E-state index in [-0.39, 0.29) is 0 Å². The highest BCUT2D eigenvalue weighted by Crippen LogP contribution is 2.27. The zero-order valence-corrected chi connectivity index (χ0v) is 13.9. The molecule has 1 aromatic heterocycles. The summed E-state index contributed by atoms with van der Waals surface area (Å²) in [7, 11) is 0. The molecule has 0 fully saturated rings. The van der Waals surface area contributed by atoms with Crippen molar-refractivity contribution < 1.29 is 0 Å². The molecule has 0 aliphatic rings. The van der Waals surface area contributed by atoms with Crippen molar-refractivity contribution in [1.82, 2.24) is 10.3 Å². The summed E-state index contributed by atoms with van der Waals surface area (Å²) in [6, 6.07) is 6.75. The van der Waals surface area contributed by atoms with Gasteiger partial charge in [0, 0.05) is 24.4 Å². The molecule has 0 aromatic carbocycles. The molecule has 2 atom stereocenters. The van der Waals surface area contributed by atoms with Gasteiger partial charge >= 0.3 is 0 Å². The topological polar surface area (TPSA) is 24.9 Å². The Morgan fingerprint density at radius 3 is 2.55 bits per heavy atom. The van der Waals surface area contributed by atoms with E-state index in [9.17, 15) is 0 Å². The van der Waals surface area contributed by atoms with Crippen LogP contribution in [-0.4, -0.2) is 17.6 Å². The van der Waals surface area contributed by atoms with E-state index in [1.165, 1.54) is 25.0 Å². The molecule has 0 spiro atoms. The summed E-state index contributed by atoms with van der Waals surface area (Å²) in [4.78, 5) is 4.47. The van der Waals surface area contributed by atoms with Gasteiger partial charge in [0.15, 0.2) is 0 Å². The maximum Gasteiger partial charge on any atom is 0.0419 e. The lowest BCUT2D eigenvalue weighted by molar-refractivity contribution is 0.273. The standard InChI is InChI=1S/C18H32N2/c1-6-10-19-17(12-15(2)14-18(3,4)5)13-16-9-7-8-11-20-16/h7-9,11,15,17,19H,6,10,12-14H2,1-5H3. The van der Waals surface area contributed by atoms with Gasteiger partial charge in [-0.25, -0.2) is 0 Å². The third-order valence-electron chi connectivity index (χ3n) is 3.51. The molecule has 20 heavy (non-hydrogen) atoms. The van der Waals surface area contributed by atoms with Crippen molar-refractivity contribution in [2.24, 2.45) is 11.3 Å². The number of pyridine rings is 1. The second-order valence-corrected chi connectivity index (χ2v) is 7.28. The molecule has 0 saturated heterocycles. The van der Waals surface area contributed by atoms with Crippen LogP contribution in [0, 0.1) is 11.3 Å². The van der Waals surface area contributed by atoms with Gasteiger partial charge in [0.25, 0.3) is 0 Å². The zero-order chi connectivity index (χ0) is 15.0. The van der Waals surface area contributed by atoms with Crippen LogP contribution >= 0.6 is 0 Å². The van der Waals surface area contributed by atoms with E-state index in [0.29, 0.717) is 11.5 Å². The van der Waals surface area contributed by atoms with Crippen LogP contribution in [0.1, 0.15) is 59.6 Å². The second kappa shape index (κ2) is 8.41. The molecule has 114 valence electrons. The molecule has 0 aliphatic carbocycles. The van der Waals surface area contributed by atoms with Crippen LogP contribution in [0.2, 0.25) is 0 Å². The van der Waals surface area contributed by atoms with Gasteiger partial charge in [-0.1, -0.05) is 40.7 Å². The quantitative estimate of drug-likeness (QED) is 0.758. The fourth-order valence-electron chi connectivity index (χ4n) is 2.97. The van der Waals surface area contributed by atoms with Gasteiger partial charge < -0.3 is 5.32 Å². The van der Waals surface area contributed by atoms with Crippen molar-refractivity contribution in [2.45, 2.75) is 66.3 Å². The fourth-order valence-corrected chi connectivity index (χ4v) is 2.97. The van der Waals surface area contributed by atoms with Crippen LogP contribution in [-0.2, 0) is 6.42 Å². The first-order valence-electron chi connectivity index (χ1n) is 8.04. The summed E-state index contributed by atoms with van der Waals surface area (Å²) in [6.07, 6.45) is 6.62. The van der Waals surface area contributed by atoms with Gasteiger partial charge in [-0.15, -0.1) is 0 Å². The van der Waals surface area contributed by atoms with E-state index in [4.69, 9.17) is 0 Å². The lowest BCUT2D eigenvalue weighted by Gasteiger charge is -2.27. The van der Waals surface area contributed by atoms with Crippen molar-refractivity contribution in [3.8, 4) is 0 Å². The fraction of sp³-hybridized carbons (Fsp3) is 0.722. The van der Waals surface area contributed by atoms with Crippen molar-refractivity contribution in [3.63, 3.8) is 0 Å². The van der Waals surface area contributed by atoms with Gasteiger partial charge in [-0.2, -0.15) is 0 Å². The number of aromatic nitrogens is 1. The molecule has 0 saturated carbocycles. The molecule has 2 unspecified atom stereocenters. The van der Waals surface area contributed by atoms with Crippen LogP contribution in [0.4, 0.5) is 0 Å². The highest BCUT2D eigenvalue weighted by Gasteiger charge is 2.19. The summed E-state index contributed by atoms with van der Waals surface area (Å²) in [6.45, 7) is 12.7. The van der Waals surface area contributed by atoms with Crippen LogP contribution in [0.25, 0.3) is 0 Å². The molecule has 0 amide bonds. The first-order valence-corrected chi connectivity index (χ1v) is 8.04. The zero-order valence-electron chi connectivity index (χ0n) is 13.9. The summed E-state index contributed by atoms with van der Waals surface area (Å²) < 4.78 is 0. The van der Waals surface area contributed by atoms with E-state index < -0.39 is 0 Å². The normalized spacial score (nSPS) is 15.1. The van der Waals surface area contributed by atoms with Gasteiger partial charge in [-0.3, -0.25) is 4.98 Å². The highest BCUT2D eigenvalue weighted by molar-refractivity contribution is 5.05. The molecule has 1 aromatic rings. The van der Waals surface area contributed by atoms with Gasteiger partial charge in [-0.05, 0) is 49.3 Å². The van der Waals surface area contributed by atoms with E-state index in [0.717, 1.165) is 18.9 Å². The summed E-state index contributed by atoms with van der Waals surface area (Å²) in [5.74, 6) is 0.744. The molecule has 0 aliphatic heterocycles. The SMILES string of the molecule is CCCNC(Cc1ccccn1)CC(C)CC(C)(C)C. The Bertz CT molecular complexity index is 353. The minimum absolute atomic E-state index is 0.416. The molecule has 0 radical (unpaired) electrons. The lowest BCUT2D eigenvalue weighted by Crippen LogP contribution is -2.34. The number of nitrogens with zero attached hydrogens (tertiary/aromatic N) is 1. The Morgan fingerprint density at radius 2 is 2.00 bits per heavy atom. The number of hydrogen-bond acceptors (Lipinski definition) is 2. The molecule has 2 heteroatoms. The molecule has 1 rings (SSSR count). The average molecular weight is 276 g/mol. The van der Waals surface area contributed by atoms with Crippen LogP contribution < -0.4 is 5.32 Å². The summed E-state index contributed by atoms with van der Waals surface area (Å²) in [5.41, 5.74) is 1.61. The van der Waals surface area contributed by atoms with Crippen molar-refractivity contribution >= 4 is 0 Å². The highest BCUT2D eigenvalue weighted by atomic mass is 14.9. The first-order chi connectivity index (χ1) is 9.40. The molecule has 1 N–H and O–H groups in total. The van der Waals surface area contributed by atoms with E-state index in [1.807, 2.05) is 12.3 Å². The maximum atomic E-state index is 4.47. The monoisotopic (exact) mass is 276 g/mol. The third kappa shape index (κ3) is 7.64. The number of rotatable bonds is 8. The van der Waals surface area contributed by atoms with Crippen molar-refractivity contribution in [2.75, 3.05) is 6.54 Å². The molecular formula is C18H32N2. The Kier molecular flexibility index (Phi) is 7.22. The first kappa shape index (κ1) is 17.2. The molecule has 0 bridgehead atoms. The maximum absolute atomic E-state index is 4.47. The average Bonchev–Trinajstić information content (AvgIpc) is 2.35. The lowest BCUT2D eigenvalue weighted by atomic mass is 9.82. The Morgan fingerprint density at radius 1 is 1.25 bits per heavy atom. The number of nitrogens with one attached hydrogen (secondary N) is 1. The van der Waals surface area contributed by atoms with Gasteiger partial charge in [0.05, 0.1) is 0 Å². The number of hydrogen-bond donors (Lipinski definition) is 1. The third-order valence-corrected chi connectivity index (χ3v) is 3.51. The van der Waals surface area contributed by atoms with Crippen LogP contribution in [0.15, 0.2) is 24.4 Å². The van der Waals surface area contributed by atoms with E-state index >= 15 is 0 Å². The van der Waals surface area contributed by atoms with E-state index in [2.05, 4.69) is 57.1 Å². The van der Waals surface area contributed by atoms with Gasteiger partial charge in [0.1, 0.15) is 0 Å². The summed E-state index contributed by atoms with van der Waals surface area (Å²) >= 11 is 0. The summed E-state index contributed by atoms with van der Waals surface area (Å²) in [5, 5.41) is 3.69. The van der Waals surface area contributed by atoms with Gasteiger partial charge in [0.2, 0.25) is 0 Å².